The second-order valence-corrected chi connectivity index (χ2v) is 31.1. The molecule has 114 heavy (non-hydrogen) atoms. The average Bonchev–Trinajstić information content (AvgIpc) is 0.781. The summed E-state index contributed by atoms with van der Waals surface area (Å²) in [6.45, 7) is 25.0. The summed E-state index contributed by atoms with van der Waals surface area (Å²) in [4.78, 5) is 0. The highest BCUT2D eigenvalue weighted by molar-refractivity contribution is 5.89. The molecule has 0 saturated carbocycles. The highest BCUT2D eigenvalue weighted by Gasteiger charge is 2.24. The lowest BCUT2D eigenvalue weighted by Crippen LogP contribution is -2.15. The molecule has 0 saturated heterocycles. The Bertz CT molecular complexity index is 3010. The number of fused-ring (bicyclic) bond motifs is 2. The van der Waals surface area contributed by atoms with Gasteiger partial charge in [-0.15, -0.1) is 0 Å². The van der Waals surface area contributed by atoms with Crippen molar-refractivity contribution < 1.29 is 66.3 Å². The Kier molecular flexibility index (Phi) is 49.8. The SMILES string of the molecule is CCCCCCCOc1ccc(-c2cc3c(cc2-c2ccc(OCCCCCCC)c(OCCCCCCC)c2)OCCOCCOc2cc(-c4ccc(OCCCCCCC)c(OCCCCCCC)c4)c(-c4ccc(OCCCCCCC)c(OCCCCCCC)c4)cc2OCCOCCO3)cc1OCCCCCCC. The zero-order chi connectivity index (χ0) is 80.4. The van der Waals surface area contributed by atoms with Gasteiger partial charge < -0.3 is 66.3 Å². The molecule has 0 spiro atoms. The van der Waals surface area contributed by atoms with Crippen LogP contribution in [0.1, 0.15) is 312 Å². The molecule has 0 aromatic heterocycles. The van der Waals surface area contributed by atoms with Crippen molar-refractivity contribution in [3.8, 4) is 114 Å². The predicted octanol–water partition coefficient (Wildman–Crippen LogP) is 28.4. The molecule has 1 aliphatic rings. The molecule has 0 fully saturated rings. The predicted molar refractivity (Wildman–Crippen MR) is 472 cm³/mol. The Labute approximate surface area is 691 Å². The molecule has 6 aromatic rings. The van der Waals surface area contributed by atoms with Gasteiger partial charge in [0.1, 0.15) is 26.4 Å². The fourth-order valence-electron chi connectivity index (χ4n) is 14.3. The van der Waals surface area contributed by atoms with E-state index in [1.807, 2.05) is 0 Å². The van der Waals surface area contributed by atoms with Crippen LogP contribution in [0.4, 0.5) is 0 Å². The van der Waals surface area contributed by atoms with Crippen LogP contribution in [0.2, 0.25) is 0 Å². The van der Waals surface area contributed by atoms with Gasteiger partial charge in [-0.25, -0.2) is 0 Å². The molecule has 0 aliphatic carbocycles. The average molecular weight is 1580 g/mol. The Morgan fingerprint density at radius 1 is 0.184 bits per heavy atom. The van der Waals surface area contributed by atoms with E-state index in [1.165, 1.54) is 154 Å². The van der Waals surface area contributed by atoms with Gasteiger partial charge in [0.25, 0.3) is 0 Å². The summed E-state index contributed by atoms with van der Waals surface area (Å²) in [6, 6.07) is 34.0. The fraction of sp³-hybridized carbons (Fsp3) is 0.640. The van der Waals surface area contributed by atoms with Gasteiger partial charge >= 0.3 is 0 Å². The van der Waals surface area contributed by atoms with Crippen LogP contribution in [0.15, 0.2) is 97.1 Å². The molecule has 0 bridgehead atoms. The molecular weight excluding hydrogens is 1430 g/mol. The van der Waals surface area contributed by atoms with Crippen LogP contribution in [0.25, 0.3) is 44.5 Å². The van der Waals surface area contributed by atoms with Crippen molar-refractivity contribution in [2.24, 2.45) is 0 Å². The van der Waals surface area contributed by atoms with Crippen molar-refractivity contribution >= 4 is 0 Å². The van der Waals surface area contributed by atoms with Crippen molar-refractivity contribution in [3.63, 3.8) is 0 Å². The Morgan fingerprint density at radius 3 is 0.526 bits per heavy atom. The molecule has 0 N–H and O–H groups in total. The van der Waals surface area contributed by atoms with E-state index in [2.05, 4.69) is 152 Å². The summed E-state index contributed by atoms with van der Waals surface area (Å²) in [6.07, 6.45) is 45.8. The summed E-state index contributed by atoms with van der Waals surface area (Å²) in [5.41, 5.74) is 7.57. The molecule has 14 heteroatoms. The van der Waals surface area contributed by atoms with E-state index in [-0.39, 0.29) is 52.9 Å². The minimum atomic E-state index is 0.242. The second-order valence-electron chi connectivity index (χ2n) is 31.1. The third-order valence-corrected chi connectivity index (χ3v) is 21.2. The van der Waals surface area contributed by atoms with Crippen LogP contribution < -0.4 is 56.8 Å². The zero-order valence-corrected chi connectivity index (χ0v) is 72.6. The lowest BCUT2D eigenvalue weighted by atomic mass is 9.93. The molecule has 1 aliphatic heterocycles. The van der Waals surface area contributed by atoms with Gasteiger partial charge in [-0.05, 0) is 169 Å². The van der Waals surface area contributed by atoms with Crippen LogP contribution in [0.3, 0.4) is 0 Å². The van der Waals surface area contributed by atoms with Gasteiger partial charge in [0.15, 0.2) is 69.0 Å². The zero-order valence-electron chi connectivity index (χ0n) is 72.6. The largest absolute Gasteiger partial charge is 0.490 e. The Morgan fingerprint density at radius 2 is 0.351 bits per heavy atom. The number of rotatable bonds is 60. The molecular formula is C100H152O14. The van der Waals surface area contributed by atoms with Crippen LogP contribution in [0.5, 0.6) is 69.0 Å². The molecule has 7 rings (SSSR count). The van der Waals surface area contributed by atoms with E-state index < -0.39 is 0 Å². The second kappa shape index (κ2) is 60.3. The molecule has 6 aromatic carbocycles. The first-order chi connectivity index (χ1) is 56.4. The van der Waals surface area contributed by atoms with Gasteiger partial charge in [0, 0.05) is 0 Å². The van der Waals surface area contributed by atoms with Gasteiger partial charge in [-0.2, -0.15) is 0 Å². The molecule has 0 atom stereocenters. The van der Waals surface area contributed by atoms with Gasteiger partial charge in [-0.1, -0.05) is 285 Å². The number of unbranched alkanes of at least 4 members (excludes halogenated alkanes) is 32. The van der Waals surface area contributed by atoms with E-state index in [0.29, 0.717) is 75.9 Å². The van der Waals surface area contributed by atoms with E-state index in [0.717, 1.165) is 193 Å². The third kappa shape index (κ3) is 36.1. The summed E-state index contributed by atoms with van der Waals surface area (Å²) in [5.74, 6) is 8.28. The highest BCUT2D eigenvalue weighted by atomic mass is 16.6. The Balaban J connectivity index is 1.25. The van der Waals surface area contributed by atoms with Crippen molar-refractivity contribution in [1.29, 1.82) is 0 Å². The van der Waals surface area contributed by atoms with Gasteiger partial charge in [0.2, 0.25) is 0 Å². The van der Waals surface area contributed by atoms with Crippen LogP contribution in [0, 0.1) is 0 Å². The smallest absolute Gasteiger partial charge is 0.161 e. The molecule has 636 valence electrons. The summed E-state index contributed by atoms with van der Waals surface area (Å²) in [5, 5.41) is 0. The topological polar surface area (TPSA) is 129 Å². The number of hydrogen-bond acceptors (Lipinski definition) is 14. The first-order valence-electron chi connectivity index (χ1n) is 46.0. The van der Waals surface area contributed by atoms with Crippen molar-refractivity contribution in [2.45, 2.75) is 312 Å². The number of ether oxygens (including phenoxy) is 14. The summed E-state index contributed by atoms with van der Waals surface area (Å²) in [7, 11) is 0. The first-order valence-corrected chi connectivity index (χ1v) is 46.0. The summed E-state index contributed by atoms with van der Waals surface area (Å²) < 4.78 is 93.7. The molecule has 14 nitrogen and oxygen atoms in total. The standard InChI is InChI=1S/C100H152O14/c1-9-17-25-33-41-57-103-89-53-49-81(73-93(89)107-61-45-37-29-21-13-5)85-77-97-98(78-86(85)82-50-54-90(104-58-42-34-26-18-10-2)94(74-82)108-62-46-38-30-22-14-6)112-70-66-102-68-72-114-100-80-88(84-52-56-92(106-60-44-36-28-20-12-4)96(76-84)110-64-48-40-32-24-16-8)87(79-99(100)113-71-67-101-65-69-111-97)83-51-55-91(105-59-43-35-27-19-11-3)95(75-83)109-63-47-39-31-23-15-7/h49-56,73-80H,9-48,57-72H2,1-8H3. The van der Waals surface area contributed by atoms with E-state index >= 15 is 0 Å². The van der Waals surface area contributed by atoms with E-state index in [1.54, 1.807) is 0 Å². The minimum Gasteiger partial charge on any atom is -0.490 e. The molecule has 0 unspecified atom stereocenters. The van der Waals surface area contributed by atoms with Crippen molar-refractivity contribution in [2.75, 3.05) is 106 Å². The van der Waals surface area contributed by atoms with Crippen LogP contribution >= 0.6 is 0 Å². The third-order valence-electron chi connectivity index (χ3n) is 21.2. The maximum atomic E-state index is 6.85. The quantitative estimate of drug-likeness (QED) is 0.0336. The van der Waals surface area contributed by atoms with Crippen molar-refractivity contribution in [3.05, 3.63) is 97.1 Å². The molecule has 0 radical (unpaired) electrons. The monoisotopic (exact) mass is 1580 g/mol. The minimum absolute atomic E-state index is 0.242. The van der Waals surface area contributed by atoms with E-state index in [9.17, 15) is 0 Å². The lowest BCUT2D eigenvalue weighted by molar-refractivity contribution is 0.0641. The fourth-order valence-corrected chi connectivity index (χ4v) is 14.3. The maximum Gasteiger partial charge on any atom is 0.161 e. The number of hydrogen-bond donors (Lipinski definition) is 0. The normalized spacial score (nSPS) is 12.8. The Hall–Kier alpha value is -7.16. The maximum absolute atomic E-state index is 6.85. The van der Waals surface area contributed by atoms with Gasteiger partial charge in [-0.3, -0.25) is 0 Å². The number of benzene rings is 6. The lowest BCUT2D eigenvalue weighted by Gasteiger charge is -2.21. The van der Waals surface area contributed by atoms with Crippen molar-refractivity contribution in [1.82, 2.24) is 0 Å². The molecule has 1 heterocycles. The highest BCUT2D eigenvalue weighted by Crippen LogP contribution is 2.48. The van der Waals surface area contributed by atoms with Gasteiger partial charge in [0.05, 0.1) is 79.3 Å². The first kappa shape index (κ1) is 94.0. The van der Waals surface area contributed by atoms with Crippen LogP contribution in [-0.2, 0) is 9.47 Å². The molecule has 0 amide bonds. The summed E-state index contributed by atoms with van der Waals surface area (Å²) >= 11 is 0. The van der Waals surface area contributed by atoms with Crippen LogP contribution in [-0.4, -0.2) is 106 Å². The van der Waals surface area contributed by atoms with E-state index in [4.69, 9.17) is 66.3 Å².